The number of ether oxygens (including phenoxy) is 1. The average Bonchev–Trinajstić information content (AvgIpc) is 2.54. The Morgan fingerprint density at radius 3 is 2.50 bits per heavy atom. The smallest absolute Gasteiger partial charge is 0.119 e. The summed E-state index contributed by atoms with van der Waals surface area (Å²) in [5.41, 5.74) is 9.96. The molecule has 2 N–H and O–H groups in total. The highest BCUT2D eigenvalue weighted by Crippen LogP contribution is 2.22. The van der Waals surface area contributed by atoms with Crippen LogP contribution in [0.3, 0.4) is 0 Å². The van der Waals surface area contributed by atoms with Crippen molar-refractivity contribution in [2.45, 2.75) is 20.5 Å². The SMILES string of the molecule is Cc1cc(C)c(COc2ccc(Cl)cc2)cc1/C=C(\C#N)C(N)=S. The standard InChI is InChI=1S/C19H17ClN2OS/c1-12-7-13(2)16(9-14(12)8-15(10-21)19(22)24)11-23-18-5-3-17(20)4-6-18/h3-9H,11H2,1-2H3,(H2,22,24)/b15-8+. The Morgan fingerprint density at radius 2 is 1.92 bits per heavy atom. The topological polar surface area (TPSA) is 59.0 Å². The van der Waals surface area contributed by atoms with Gasteiger partial charge in [0.1, 0.15) is 23.4 Å². The molecule has 3 nitrogen and oxygen atoms in total. The van der Waals surface area contributed by atoms with E-state index in [4.69, 9.17) is 39.6 Å². The maximum atomic E-state index is 9.13. The lowest BCUT2D eigenvalue weighted by molar-refractivity contribution is 0.305. The normalized spacial score (nSPS) is 11.0. The van der Waals surface area contributed by atoms with E-state index in [1.165, 1.54) is 0 Å². The van der Waals surface area contributed by atoms with Crippen LogP contribution in [0.1, 0.15) is 22.3 Å². The van der Waals surface area contributed by atoms with Crippen molar-refractivity contribution in [3.63, 3.8) is 0 Å². The molecule has 0 unspecified atom stereocenters. The molecule has 5 heteroatoms. The van der Waals surface area contributed by atoms with Gasteiger partial charge in [-0.3, -0.25) is 0 Å². The highest BCUT2D eigenvalue weighted by atomic mass is 35.5. The number of rotatable bonds is 5. The molecule has 24 heavy (non-hydrogen) atoms. The number of hydrogen-bond acceptors (Lipinski definition) is 3. The van der Waals surface area contributed by atoms with E-state index in [2.05, 4.69) is 6.07 Å². The number of halogens is 1. The van der Waals surface area contributed by atoms with Crippen molar-refractivity contribution in [3.8, 4) is 11.8 Å². The van der Waals surface area contributed by atoms with Gasteiger partial charge in [0.15, 0.2) is 0 Å². The fourth-order valence-corrected chi connectivity index (χ4v) is 2.46. The van der Waals surface area contributed by atoms with E-state index >= 15 is 0 Å². The van der Waals surface area contributed by atoms with Crippen LogP contribution in [0.25, 0.3) is 6.08 Å². The first kappa shape index (κ1) is 18.0. The van der Waals surface area contributed by atoms with Crippen LogP contribution in [-0.4, -0.2) is 4.99 Å². The van der Waals surface area contributed by atoms with Crippen molar-refractivity contribution in [1.29, 1.82) is 5.26 Å². The molecular weight excluding hydrogens is 340 g/mol. The predicted octanol–water partition coefficient (Wildman–Crippen LogP) is 4.73. The molecule has 0 radical (unpaired) electrons. The van der Waals surface area contributed by atoms with Gasteiger partial charge in [0, 0.05) is 5.02 Å². The lowest BCUT2D eigenvalue weighted by atomic mass is 9.98. The van der Waals surface area contributed by atoms with Crippen molar-refractivity contribution in [2.75, 3.05) is 0 Å². The van der Waals surface area contributed by atoms with Crippen LogP contribution in [0.2, 0.25) is 5.02 Å². The highest BCUT2D eigenvalue weighted by Gasteiger charge is 2.07. The molecule has 2 rings (SSSR count). The molecule has 0 saturated carbocycles. The zero-order valence-corrected chi connectivity index (χ0v) is 15.0. The maximum Gasteiger partial charge on any atom is 0.119 e. The Kier molecular flexibility index (Phi) is 5.97. The zero-order valence-electron chi connectivity index (χ0n) is 13.5. The second kappa shape index (κ2) is 7.96. The van der Waals surface area contributed by atoms with Crippen LogP contribution in [0.5, 0.6) is 5.75 Å². The van der Waals surface area contributed by atoms with Crippen LogP contribution < -0.4 is 10.5 Å². The largest absolute Gasteiger partial charge is 0.489 e. The summed E-state index contributed by atoms with van der Waals surface area (Å²) in [6.07, 6.45) is 1.71. The van der Waals surface area contributed by atoms with Crippen molar-refractivity contribution >= 4 is 34.9 Å². The van der Waals surface area contributed by atoms with E-state index < -0.39 is 0 Å². The van der Waals surface area contributed by atoms with Crippen LogP contribution >= 0.6 is 23.8 Å². The molecule has 122 valence electrons. The molecule has 0 aliphatic heterocycles. The van der Waals surface area contributed by atoms with Gasteiger partial charge in [-0.2, -0.15) is 5.26 Å². The van der Waals surface area contributed by atoms with Crippen molar-refractivity contribution in [1.82, 2.24) is 0 Å². The lowest BCUT2D eigenvalue weighted by Gasteiger charge is -2.12. The summed E-state index contributed by atoms with van der Waals surface area (Å²) >= 11 is 10.8. The molecule has 0 fully saturated rings. The predicted molar refractivity (Wildman–Crippen MR) is 102 cm³/mol. The van der Waals surface area contributed by atoms with Crippen LogP contribution in [0.15, 0.2) is 42.0 Å². The number of nitriles is 1. The molecular formula is C19H17ClN2OS. The molecule has 2 aromatic rings. The number of benzene rings is 2. The fraction of sp³-hybridized carbons (Fsp3) is 0.158. The molecule has 0 bridgehead atoms. The van der Waals surface area contributed by atoms with Crippen molar-refractivity contribution < 1.29 is 4.74 Å². The van der Waals surface area contributed by atoms with Gasteiger partial charge in [0.2, 0.25) is 0 Å². The van der Waals surface area contributed by atoms with Gasteiger partial charge in [0.05, 0.1) is 5.57 Å². The van der Waals surface area contributed by atoms with Crippen molar-refractivity contribution in [3.05, 3.63) is 69.2 Å². The summed E-state index contributed by atoms with van der Waals surface area (Å²) in [5.74, 6) is 0.748. The third-order valence-corrected chi connectivity index (χ3v) is 4.09. The molecule has 0 amide bonds. The Hall–Kier alpha value is -2.35. The third kappa shape index (κ3) is 4.58. The van der Waals surface area contributed by atoms with Gasteiger partial charge in [-0.1, -0.05) is 29.9 Å². The number of hydrogen-bond donors (Lipinski definition) is 1. The van der Waals surface area contributed by atoms with E-state index in [1.54, 1.807) is 18.2 Å². The van der Waals surface area contributed by atoms with E-state index in [-0.39, 0.29) is 4.99 Å². The van der Waals surface area contributed by atoms with Gasteiger partial charge < -0.3 is 10.5 Å². The maximum absolute atomic E-state index is 9.13. The van der Waals surface area contributed by atoms with Gasteiger partial charge in [-0.05, 0) is 72.5 Å². The summed E-state index contributed by atoms with van der Waals surface area (Å²) in [4.78, 5) is 0.0939. The highest BCUT2D eigenvalue weighted by molar-refractivity contribution is 7.80. The number of thiocarbonyl (C=S) groups is 1. The molecule has 0 spiro atoms. The number of nitrogens with zero attached hydrogens (tertiary/aromatic N) is 1. The minimum absolute atomic E-state index is 0.0939. The van der Waals surface area contributed by atoms with Crippen LogP contribution in [0, 0.1) is 25.2 Å². The minimum atomic E-state index is 0.0939. The van der Waals surface area contributed by atoms with Crippen molar-refractivity contribution in [2.24, 2.45) is 5.73 Å². The lowest BCUT2D eigenvalue weighted by Crippen LogP contribution is -2.10. The van der Waals surface area contributed by atoms with Gasteiger partial charge >= 0.3 is 0 Å². The molecule has 0 saturated heterocycles. The van der Waals surface area contributed by atoms with Gasteiger partial charge in [-0.15, -0.1) is 0 Å². The van der Waals surface area contributed by atoms with E-state index in [0.717, 1.165) is 28.0 Å². The average molecular weight is 357 g/mol. The first-order valence-electron chi connectivity index (χ1n) is 7.31. The second-order valence-corrected chi connectivity index (χ2v) is 6.29. The van der Waals surface area contributed by atoms with E-state index in [1.807, 2.05) is 38.1 Å². The number of nitrogens with two attached hydrogens (primary N) is 1. The fourth-order valence-electron chi connectivity index (χ4n) is 2.23. The summed E-state index contributed by atoms with van der Waals surface area (Å²) < 4.78 is 5.81. The summed E-state index contributed by atoms with van der Waals surface area (Å²) in [6.45, 7) is 4.43. The Bertz CT molecular complexity index is 836. The van der Waals surface area contributed by atoms with Crippen LogP contribution in [-0.2, 0) is 6.61 Å². The monoisotopic (exact) mass is 356 g/mol. The van der Waals surface area contributed by atoms with Gasteiger partial charge in [-0.25, -0.2) is 0 Å². The first-order chi connectivity index (χ1) is 11.4. The Morgan fingerprint density at radius 1 is 1.25 bits per heavy atom. The second-order valence-electron chi connectivity index (χ2n) is 5.41. The molecule has 0 aromatic heterocycles. The summed E-state index contributed by atoms with van der Waals surface area (Å²) in [6, 6.07) is 13.3. The zero-order chi connectivity index (χ0) is 17.7. The Labute approximate surface area is 152 Å². The minimum Gasteiger partial charge on any atom is -0.489 e. The Balaban J connectivity index is 2.27. The van der Waals surface area contributed by atoms with E-state index in [0.29, 0.717) is 17.2 Å². The number of aryl methyl sites for hydroxylation is 2. The molecule has 0 aliphatic carbocycles. The summed E-state index contributed by atoms with van der Waals surface area (Å²) in [7, 11) is 0. The quantitative estimate of drug-likeness (QED) is 0.478. The molecule has 0 heterocycles. The molecule has 2 aromatic carbocycles. The van der Waals surface area contributed by atoms with Crippen LogP contribution in [0.4, 0.5) is 0 Å². The van der Waals surface area contributed by atoms with Gasteiger partial charge in [0.25, 0.3) is 0 Å². The summed E-state index contributed by atoms with van der Waals surface area (Å²) in [5, 5.41) is 9.80. The first-order valence-corrected chi connectivity index (χ1v) is 8.09. The molecule has 0 aliphatic rings. The molecule has 0 atom stereocenters. The van der Waals surface area contributed by atoms with E-state index in [9.17, 15) is 0 Å². The third-order valence-electron chi connectivity index (χ3n) is 3.62.